The summed E-state index contributed by atoms with van der Waals surface area (Å²) in [6.45, 7) is 0. The average Bonchev–Trinajstić information content (AvgIpc) is 2.68. The zero-order chi connectivity index (χ0) is 19.6. The average molecular weight is 384 g/mol. The molecule has 0 heterocycles. The number of carbonyl (C=O) groups excluding carboxylic acids is 1. The number of esters is 1. The van der Waals surface area contributed by atoms with Crippen LogP contribution in [0.15, 0.2) is 54.6 Å². The number of aromatic hydroxyl groups is 1. The van der Waals surface area contributed by atoms with E-state index in [9.17, 15) is 9.90 Å². The number of carbonyl (C=O) groups is 1. The Morgan fingerprint density at radius 1 is 1.00 bits per heavy atom. The maximum Gasteiger partial charge on any atom is 0.339 e. The van der Waals surface area contributed by atoms with Crippen molar-refractivity contribution in [2.75, 3.05) is 20.0 Å². The van der Waals surface area contributed by atoms with Crippen molar-refractivity contribution in [3.05, 3.63) is 65.2 Å². The Bertz CT molecular complexity index is 1000. The van der Waals surface area contributed by atoms with Crippen molar-refractivity contribution >= 4 is 23.3 Å². The van der Waals surface area contributed by atoms with Gasteiger partial charge in [-0.1, -0.05) is 48.0 Å². The molecule has 27 heavy (non-hydrogen) atoms. The van der Waals surface area contributed by atoms with Crippen LogP contribution in [-0.2, 0) is 4.74 Å². The third-order valence-electron chi connectivity index (χ3n) is 4.27. The number of phenolic OH excluding ortho intramolecular Hbond substituents is 1. The zero-order valence-electron chi connectivity index (χ0n) is 14.8. The van der Waals surface area contributed by atoms with Gasteiger partial charge in [-0.25, -0.2) is 4.79 Å². The standard InChI is InChI=1S/C21H18ClNO4/c1-26-19-5-3-4-14(20(19)24)12-6-8-13(9-7-12)15-10-16(21(25)27-2)18(23)11-17(15)22/h3-11,24H,23H2,1-2H3. The number of ether oxygens (including phenoxy) is 2. The largest absolute Gasteiger partial charge is 0.504 e. The van der Waals surface area contributed by atoms with E-state index in [0.29, 0.717) is 21.9 Å². The highest BCUT2D eigenvalue weighted by Crippen LogP contribution is 2.38. The molecule has 0 atom stereocenters. The fourth-order valence-corrected chi connectivity index (χ4v) is 3.13. The first-order chi connectivity index (χ1) is 13.0. The maximum atomic E-state index is 11.9. The Balaban J connectivity index is 2.03. The van der Waals surface area contributed by atoms with E-state index in [0.717, 1.165) is 11.1 Å². The molecule has 0 aliphatic rings. The van der Waals surface area contributed by atoms with Crippen LogP contribution in [0.1, 0.15) is 10.4 Å². The molecule has 0 bridgehead atoms. The molecule has 0 aliphatic heterocycles. The SMILES string of the molecule is COC(=O)c1cc(-c2ccc(-c3cccc(OC)c3O)cc2)c(Cl)cc1N. The maximum absolute atomic E-state index is 11.9. The topological polar surface area (TPSA) is 81.8 Å². The van der Waals surface area contributed by atoms with Gasteiger partial charge in [-0.3, -0.25) is 0 Å². The summed E-state index contributed by atoms with van der Waals surface area (Å²) in [6.07, 6.45) is 0. The monoisotopic (exact) mass is 383 g/mol. The van der Waals surface area contributed by atoms with Gasteiger partial charge in [0.05, 0.1) is 24.8 Å². The molecular formula is C21H18ClNO4. The van der Waals surface area contributed by atoms with Crippen molar-refractivity contribution < 1.29 is 19.4 Å². The molecule has 0 saturated carbocycles. The molecule has 5 nitrogen and oxygen atoms in total. The van der Waals surface area contributed by atoms with Gasteiger partial charge in [0, 0.05) is 16.8 Å². The van der Waals surface area contributed by atoms with Gasteiger partial charge in [-0.15, -0.1) is 0 Å². The highest BCUT2D eigenvalue weighted by atomic mass is 35.5. The Hall–Kier alpha value is -3.18. The van der Waals surface area contributed by atoms with E-state index in [1.165, 1.54) is 20.3 Å². The van der Waals surface area contributed by atoms with Crippen LogP contribution in [0.2, 0.25) is 5.02 Å². The van der Waals surface area contributed by atoms with Crippen LogP contribution >= 0.6 is 11.6 Å². The molecule has 3 aromatic rings. The van der Waals surface area contributed by atoms with Gasteiger partial charge in [-0.05, 0) is 29.3 Å². The van der Waals surface area contributed by atoms with E-state index < -0.39 is 5.97 Å². The zero-order valence-corrected chi connectivity index (χ0v) is 15.6. The minimum Gasteiger partial charge on any atom is -0.504 e. The van der Waals surface area contributed by atoms with E-state index >= 15 is 0 Å². The number of halogens is 1. The molecule has 0 aliphatic carbocycles. The first-order valence-corrected chi connectivity index (χ1v) is 8.48. The number of phenols is 1. The molecule has 0 unspecified atom stereocenters. The Labute approximate surface area is 161 Å². The van der Waals surface area contributed by atoms with Gasteiger partial charge in [0.2, 0.25) is 0 Å². The molecular weight excluding hydrogens is 366 g/mol. The van der Waals surface area contributed by atoms with Crippen molar-refractivity contribution in [1.29, 1.82) is 0 Å². The second-order valence-corrected chi connectivity index (χ2v) is 6.25. The number of para-hydroxylation sites is 1. The van der Waals surface area contributed by atoms with Crippen LogP contribution < -0.4 is 10.5 Å². The molecule has 3 aromatic carbocycles. The van der Waals surface area contributed by atoms with Crippen molar-refractivity contribution in [3.8, 4) is 33.8 Å². The van der Waals surface area contributed by atoms with Crippen LogP contribution in [0, 0.1) is 0 Å². The minimum atomic E-state index is -0.525. The Morgan fingerprint density at radius 2 is 1.63 bits per heavy atom. The highest BCUT2D eigenvalue weighted by Gasteiger charge is 2.15. The smallest absolute Gasteiger partial charge is 0.339 e. The van der Waals surface area contributed by atoms with Crippen LogP contribution in [0.4, 0.5) is 5.69 Å². The summed E-state index contributed by atoms with van der Waals surface area (Å²) in [5.41, 5.74) is 9.31. The van der Waals surface area contributed by atoms with Gasteiger partial charge in [0.1, 0.15) is 0 Å². The number of rotatable bonds is 4. The molecule has 0 saturated heterocycles. The lowest BCUT2D eigenvalue weighted by Gasteiger charge is -2.12. The van der Waals surface area contributed by atoms with Gasteiger partial charge in [0.15, 0.2) is 11.5 Å². The van der Waals surface area contributed by atoms with Crippen molar-refractivity contribution in [3.63, 3.8) is 0 Å². The molecule has 6 heteroatoms. The van der Waals surface area contributed by atoms with Gasteiger partial charge in [-0.2, -0.15) is 0 Å². The van der Waals surface area contributed by atoms with E-state index in [1.807, 2.05) is 24.3 Å². The van der Waals surface area contributed by atoms with Gasteiger partial charge >= 0.3 is 5.97 Å². The summed E-state index contributed by atoms with van der Waals surface area (Å²) in [6, 6.07) is 15.9. The molecule has 0 aromatic heterocycles. The summed E-state index contributed by atoms with van der Waals surface area (Å²) in [5, 5.41) is 10.7. The normalized spacial score (nSPS) is 10.5. The lowest BCUT2D eigenvalue weighted by atomic mass is 9.98. The summed E-state index contributed by atoms with van der Waals surface area (Å²) in [5.74, 6) is -0.0459. The van der Waals surface area contributed by atoms with E-state index in [-0.39, 0.29) is 17.0 Å². The lowest BCUT2D eigenvalue weighted by Crippen LogP contribution is -2.06. The predicted octanol–water partition coefficient (Wildman–Crippen LogP) is 4.76. The van der Waals surface area contributed by atoms with Crippen LogP contribution in [0.5, 0.6) is 11.5 Å². The molecule has 0 amide bonds. The second kappa shape index (κ2) is 7.60. The molecule has 0 spiro atoms. The Kier molecular flexibility index (Phi) is 5.23. The van der Waals surface area contributed by atoms with E-state index in [4.69, 9.17) is 26.8 Å². The third-order valence-corrected chi connectivity index (χ3v) is 4.58. The number of anilines is 1. The number of benzene rings is 3. The molecule has 138 valence electrons. The number of hydrogen-bond donors (Lipinski definition) is 2. The molecule has 0 fully saturated rings. The van der Waals surface area contributed by atoms with Gasteiger partial charge in [0.25, 0.3) is 0 Å². The summed E-state index contributed by atoms with van der Waals surface area (Å²) < 4.78 is 9.91. The van der Waals surface area contributed by atoms with Gasteiger partial charge < -0.3 is 20.3 Å². The number of nitrogen functional groups attached to an aromatic ring is 1. The fourth-order valence-electron chi connectivity index (χ4n) is 2.85. The van der Waals surface area contributed by atoms with Crippen LogP contribution in [0.3, 0.4) is 0 Å². The van der Waals surface area contributed by atoms with E-state index in [2.05, 4.69) is 0 Å². The van der Waals surface area contributed by atoms with Crippen molar-refractivity contribution in [2.45, 2.75) is 0 Å². The molecule has 3 rings (SSSR count). The molecule has 3 N–H and O–H groups in total. The molecule has 0 radical (unpaired) electrons. The number of nitrogens with two attached hydrogens (primary N) is 1. The summed E-state index contributed by atoms with van der Waals surface area (Å²) in [4.78, 5) is 11.9. The van der Waals surface area contributed by atoms with Crippen LogP contribution in [-0.4, -0.2) is 25.3 Å². The summed E-state index contributed by atoms with van der Waals surface area (Å²) >= 11 is 6.32. The van der Waals surface area contributed by atoms with Crippen molar-refractivity contribution in [2.24, 2.45) is 0 Å². The number of hydrogen-bond acceptors (Lipinski definition) is 5. The fraction of sp³-hybridized carbons (Fsp3) is 0.0952. The lowest BCUT2D eigenvalue weighted by molar-refractivity contribution is 0.0602. The second-order valence-electron chi connectivity index (χ2n) is 5.84. The van der Waals surface area contributed by atoms with Crippen molar-refractivity contribution in [1.82, 2.24) is 0 Å². The minimum absolute atomic E-state index is 0.0752. The first kappa shape index (κ1) is 18.6. The number of methoxy groups -OCH3 is 2. The first-order valence-electron chi connectivity index (χ1n) is 8.10. The Morgan fingerprint density at radius 3 is 2.22 bits per heavy atom. The quantitative estimate of drug-likeness (QED) is 0.501. The third kappa shape index (κ3) is 3.55. The highest BCUT2D eigenvalue weighted by molar-refractivity contribution is 6.34. The van der Waals surface area contributed by atoms with Crippen LogP contribution in [0.25, 0.3) is 22.3 Å². The summed E-state index contributed by atoms with van der Waals surface area (Å²) in [7, 11) is 2.80. The van der Waals surface area contributed by atoms with E-state index in [1.54, 1.807) is 24.3 Å². The predicted molar refractivity (Wildman–Crippen MR) is 106 cm³/mol.